The van der Waals surface area contributed by atoms with Gasteiger partial charge in [-0.3, -0.25) is 14.5 Å². The van der Waals surface area contributed by atoms with E-state index >= 15 is 0 Å². The van der Waals surface area contributed by atoms with Gasteiger partial charge in [-0.05, 0) is 66.2 Å². The lowest BCUT2D eigenvalue weighted by molar-refractivity contribution is -0.142. The summed E-state index contributed by atoms with van der Waals surface area (Å²) in [5, 5.41) is 8.89. The highest BCUT2D eigenvalue weighted by molar-refractivity contribution is 7.90. The fourth-order valence-electron chi connectivity index (χ4n) is 5.18. The minimum Gasteiger partial charge on any atom is -0.319 e. The van der Waals surface area contributed by atoms with E-state index in [1.807, 2.05) is 13.8 Å². The fraction of sp³-hybridized carbons (Fsp3) is 0.864. The van der Waals surface area contributed by atoms with Gasteiger partial charge in [-0.1, -0.05) is 0 Å². The lowest BCUT2D eigenvalue weighted by Gasteiger charge is -2.49. The van der Waals surface area contributed by atoms with Crippen molar-refractivity contribution in [3.05, 3.63) is 0 Å². The van der Waals surface area contributed by atoms with Crippen molar-refractivity contribution in [2.75, 3.05) is 13.1 Å². The Balaban J connectivity index is 1.58. The Labute approximate surface area is 196 Å². The average molecular weight is 482 g/mol. The summed E-state index contributed by atoms with van der Waals surface area (Å²) in [6, 6.07) is 1.53. The van der Waals surface area contributed by atoms with Crippen LogP contribution in [0.2, 0.25) is 0 Å². The summed E-state index contributed by atoms with van der Waals surface area (Å²) in [4.78, 5) is 35.3. The molecule has 2 aliphatic heterocycles. The molecule has 2 aliphatic carbocycles. The molecule has 0 aromatic carbocycles. The van der Waals surface area contributed by atoms with Crippen LogP contribution in [0.1, 0.15) is 66.2 Å². The Morgan fingerprint density at radius 3 is 2.55 bits per heavy atom. The van der Waals surface area contributed by atoms with Gasteiger partial charge in [0.25, 0.3) is 0 Å². The molecule has 4 rings (SSSR count). The SMILES string of the molecule is CC1CC(CN2C(=O)C3CC(S(=O)(=O)NC4(C)CC4)CCC3N(CC(C)(C)C#N)C2=O)ON1. The van der Waals surface area contributed by atoms with Crippen LogP contribution >= 0.6 is 0 Å². The van der Waals surface area contributed by atoms with Crippen LogP contribution in [-0.4, -0.2) is 72.2 Å². The highest BCUT2D eigenvalue weighted by Crippen LogP contribution is 2.41. The molecule has 2 saturated heterocycles. The van der Waals surface area contributed by atoms with Crippen molar-refractivity contribution in [3.8, 4) is 6.07 Å². The lowest BCUT2D eigenvalue weighted by Crippen LogP contribution is -2.66. The molecule has 0 bridgehead atoms. The highest BCUT2D eigenvalue weighted by atomic mass is 32.2. The maximum atomic E-state index is 13.5. The van der Waals surface area contributed by atoms with Crippen molar-refractivity contribution in [1.82, 2.24) is 20.0 Å². The molecule has 3 amide bonds. The highest BCUT2D eigenvalue weighted by Gasteiger charge is 2.53. The van der Waals surface area contributed by atoms with E-state index < -0.39 is 38.7 Å². The number of hydrogen-bond acceptors (Lipinski definition) is 7. The molecule has 5 atom stereocenters. The molecule has 4 aliphatic rings. The van der Waals surface area contributed by atoms with Crippen LogP contribution in [0.5, 0.6) is 0 Å². The van der Waals surface area contributed by atoms with Crippen molar-refractivity contribution in [1.29, 1.82) is 5.26 Å². The van der Waals surface area contributed by atoms with Gasteiger partial charge in [0.1, 0.15) is 0 Å². The monoisotopic (exact) mass is 481 g/mol. The van der Waals surface area contributed by atoms with Gasteiger partial charge < -0.3 is 4.90 Å². The number of fused-ring (bicyclic) bond motifs is 1. The van der Waals surface area contributed by atoms with Crippen LogP contribution in [0, 0.1) is 22.7 Å². The first-order valence-electron chi connectivity index (χ1n) is 11.8. The molecule has 0 spiro atoms. The third-order valence-corrected chi connectivity index (χ3v) is 9.44. The molecule has 0 aromatic heterocycles. The van der Waals surface area contributed by atoms with Gasteiger partial charge in [-0.2, -0.15) is 10.7 Å². The number of nitriles is 1. The van der Waals surface area contributed by atoms with Crippen molar-refractivity contribution < 1.29 is 22.8 Å². The number of nitrogens with zero attached hydrogens (tertiary/aromatic N) is 3. The second-order valence-electron chi connectivity index (χ2n) is 11.2. The maximum Gasteiger partial charge on any atom is 0.327 e. The van der Waals surface area contributed by atoms with Crippen LogP contribution in [0.15, 0.2) is 0 Å². The molecule has 2 heterocycles. The van der Waals surface area contributed by atoms with Gasteiger partial charge in [0.05, 0.1) is 35.3 Å². The summed E-state index contributed by atoms with van der Waals surface area (Å²) in [7, 11) is -3.58. The molecule has 33 heavy (non-hydrogen) atoms. The number of nitrogens with one attached hydrogen (secondary N) is 2. The summed E-state index contributed by atoms with van der Waals surface area (Å²) in [6.45, 7) is 7.67. The molecule has 2 saturated carbocycles. The maximum absolute atomic E-state index is 13.5. The lowest BCUT2D eigenvalue weighted by atomic mass is 9.79. The van der Waals surface area contributed by atoms with Crippen LogP contribution in [0.25, 0.3) is 0 Å². The van der Waals surface area contributed by atoms with Crippen LogP contribution in [0.4, 0.5) is 4.79 Å². The minimum absolute atomic E-state index is 0.107. The molecular formula is C22H35N5O5S. The van der Waals surface area contributed by atoms with E-state index in [9.17, 15) is 23.3 Å². The van der Waals surface area contributed by atoms with Crippen LogP contribution in [0.3, 0.4) is 0 Å². The Kier molecular flexibility index (Phi) is 6.27. The van der Waals surface area contributed by atoms with E-state index in [2.05, 4.69) is 16.3 Å². The van der Waals surface area contributed by atoms with E-state index in [1.165, 1.54) is 4.90 Å². The van der Waals surface area contributed by atoms with Crippen molar-refractivity contribution in [3.63, 3.8) is 0 Å². The Hall–Kier alpha value is -1.74. The number of rotatable bonds is 7. The van der Waals surface area contributed by atoms with Gasteiger partial charge in [-0.15, -0.1) is 0 Å². The second-order valence-corrected chi connectivity index (χ2v) is 13.1. The Morgan fingerprint density at radius 2 is 1.97 bits per heavy atom. The van der Waals surface area contributed by atoms with Gasteiger partial charge >= 0.3 is 6.03 Å². The van der Waals surface area contributed by atoms with Gasteiger partial charge in [-0.25, -0.2) is 17.9 Å². The Morgan fingerprint density at radius 1 is 1.27 bits per heavy atom. The number of imide groups is 1. The number of hydrogen-bond donors (Lipinski definition) is 2. The second kappa shape index (κ2) is 8.48. The zero-order valence-electron chi connectivity index (χ0n) is 19.8. The number of carbonyl (C=O) groups excluding carboxylic acids is 2. The molecule has 0 aromatic rings. The number of sulfonamides is 1. The third-order valence-electron chi connectivity index (χ3n) is 7.36. The number of hydroxylamine groups is 1. The number of amides is 3. The molecule has 0 radical (unpaired) electrons. The predicted octanol–water partition coefficient (Wildman–Crippen LogP) is 1.49. The molecule has 11 heteroatoms. The van der Waals surface area contributed by atoms with Gasteiger partial charge in [0.2, 0.25) is 15.9 Å². The first-order valence-corrected chi connectivity index (χ1v) is 13.4. The normalized spacial score (nSPS) is 34.2. The molecule has 4 fully saturated rings. The van der Waals surface area contributed by atoms with E-state index in [-0.39, 0.29) is 43.1 Å². The first-order chi connectivity index (χ1) is 15.3. The van der Waals surface area contributed by atoms with Crippen molar-refractivity contribution >= 4 is 22.0 Å². The quantitative estimate of drug-likeness (QED) is 0.563. The summed E-state index contributed by atoms with van der Waals surface area (Å²) in [6.07, 6.45) is 2.93. The fourth-order valence-corrected chi connectivity index (χ4v) is 7.14. The molecule has 5 unspecified atom stereocenters. The smallest absolute Gasteiger partial charge is 0.319 e. The third kappa shape index (κ3) is 5.04. The van der Waals surface area contributed by atoms with E-state index in [1.54, 1.807) is 18.7 Å². The van der Waals surface area contributed by atoms with E-state index in [0.29, 0.717) is 19.3 Å². The Bertz CT molecular complexity index is 957. The van der Waals surface area contributed by atoms with Crippen LogP contribution < -0.4 is 10.2 Å². The largest absolute Gasteiger partial charge is 0.327 e. The predicted molar refractivity (Wildman–Crippen MR) is 120 cm³/mol. The van der Waals surface area contributed by atoms with E-state index in [0.717, 1.165) is 12.8 Å². The van der Waals surface area contributed by atoms with Crippen molar-refractivity contribution in [2.24, 2.45) is 11.3 Å². The molecular weight excluding hydrogens is 446 g/mol. The van der Waals surface area contributed by atoms with Gasteiger partial charge in [0, 0.05) is 24.2 Å². The number of carbonyl (C=O) groups is 2. The molecule has 2 N–H and O–H groups in total. The first kappa shape index (κ1) is 24.4. The average Bonchev–Trinajstić information content (AvgIpc) is 3.31. The zero-order chi connectivity index (χ0) is 24.2. The molecule has 184 valence electrons. The minimum atomic E-state index is -3.58. The van der Waals surface area contributed by atoms with E-state index in [4.69, 9.17) is 4.84 Å². The van der Waals surface area contributed by atoms with Gasteiger partial charge in [0.15, 0.2) is 0 Å². The summed E-state index contributed by atoms with van der Waals surface area (Å²) in [5.41, 5.74) is 1.70. The summed E-state index contributed by atoms with van der Waals surface area (Å²) >= 11 is 0. The standard InChI is InChI=1S/C22H35N5O5S/c1-14-9-15(32-24-14)11-26-19(28)17-10-16(33(30,31)25-22(4)7-8-22)5-6-18(17)27(20(26)29)13-21(2,3)12-23/h14-18,24-25H,5-11,13H2,1-4H3. The zero-order valence-corrected chi connectivity index (χ0v) is 20.7. The summed E-state index contributed by atoms with van der Waals surface area (Å²) in [5.74, 6) is -0.956. The summed E-state index contributed by atoms with van der Waals surface area (Å²) < 4.78 is 28.9. The van der Waals surface area contributed by atoms with Crippen LogP contribution in [-0.2, 0) is 19.7 Å². The molecule has 10 nitrogen and oxygen atoms in total. The number of urea groups is 1. The van der Waals surface area contributed by atoms with Crippen molar-refractivity contribution in [2.45, 2.75) is 95.2 Å². The topological polar surface area (TPSA) is 132 Å².